The minimum absolute atomic E-state index is 0.295. The Kier molecular flexibility index (Phi) is 4.78. The molecule has 154 valence electrons. The van der Waals surface area contributed by atoms with Gasteiger partial charge in [-0.3, -0.25) is 4.79 Å². The van der Waals surface area contributed by atoms with Crippen LogP contribution in [0.1, 0.15) is 31.2 Å². The standard InChI is InChI=1S/C21H20FN5O3/c22-14-6-4-13(5-7-14)16-12-18(29-24-16)21(28)23-15-8-9-17(20-19(15)25-30-26-20)27-10-2-1-3-11-27/h4-9,18H,1-3,10-12H2,(H,23,28). The second-order valence-corrected chi connectivity index (χ2v) is 7.47. The molecule has 0 radical (unpaired) electrons. The number of rotatable bonds is 4. The number of benzene rings is 2. The number of halogens is 1. The molecular formula is C21H20FN5O3. The molecule has 0 spiro atoms. The van der Waals surface area contributed by atoms with Crippen LogP contribution in [-0.4, -0.2) is 41.1 Å². The summed E-state index contributed by atoms with van der Waals surface area (Å²) in [5.74, 6) is -0.670. The van der Waals surface area contributed by atoms with Crippen LogP contribution in [0, 0.1) is 5.82 Å². The minimum atomic E-state index is -0.776. The molecule has 2 aliphatic rings. The van der Waals surface area contributed by atoms with E-state index in [2.05, 4.69) is 25.7 Å². The lowest BCUT2D eigenvalue weighted by Gasteiger charge is -2.28. The van der Waals surface area contributed by atoms with Crippen molar-refractivity contribution < 1.29 is 18.7 Å². The van der Waals surface area contributed by atoms with E-state index in [0.717, 1.165) is 37.2 Å². The van der Waals surface area contributed by atoms with Gasteiger partial charge in [-0.15, -0.1) is 0 Å². The van der Waals surface area contributed by atoms with Crippen LogP contribution < -0.4 is 10.2 Å². The predicted molar refractivity (Wildman–Crippen MR) is 109 cm³/mol. The zero-order valence-corrected chi connectivity index (χ0v) is 16.2. The van der Waals surface area contributed by atoms with Crippen LogP contribution in [0.4, 0.5) is 15.8 Å². The summed E-state index contributed by atoms with van der Waals surface area (Å²) >= 11 is 0. The topological polar surface area (TPSA) is 92.9 Å². The van der Waals surface area contributed by atoms with Crippen molar-refractivity contribution in [1.29, 1.82) is 0 Å². The SMILES string of the molecule is O=C(Nc1ccc(N2CCCCC2)c2nonc12)C1CC(c2ccc(F)cc2)=NO1. The molecule has 0 aliphatic carbocycles. The van der Waals surface area contributed by atoms with Crippen molar-refractivity contribution in [2.45, 2.75) is 31.8 Å². The maximum atomic E-state index is 13.1. The molecule has 1 unspecified atom stereocenters. The fraction of sp³-hybridized carbons (Fsp3) is 0.333. The smallest absolute Gasteiger partial charge is 0.268 e. The van der Waals surface area contributed by atoms with Gasteiger partial charge in [-0.2, -0.15) is 0 Å². The van der Waals surface area contributed by atoms with E-state index in [9.17, 15) is 9.18 Å². The third kappa shape index (κ3) is 3.47. The predicted octanol–water partition coefficient (Wildman–Crippen LogP) is 3.48. The highest BCUT2D eigenvalue weighted by Gasteiger charge is 2.30. The number of hydrogen-bond acceptors (Lipinski definition) is 7. The van der Waals surface area contributed by atoms with Gasteiger partial charge in [-0.05, 0) is 59.4 Å². The Hall–Kier alpha value is -3.49. The van der Waals surface area contributed by atoms with E-state index in [1.807, 2.05) is 12.1 Å². The van der Waals surface area contributed by atoms with E-state index in [0.29, 0.717) is 28.9 Å². The van der Waals surface area contributed by atoms with Crippen molar-refractivity contribution in [1.82, 2.24) is 10.3 Å². The van der Waals surface area contributed by atoms with Crippen LogP contribution in [0.25, 0.3) is 11.0 Å². The van der Waals surface area contributed by atoms with Crippen molar-refractivity contribution in [2.75, 3.05) is 23.3 Å². The van der Waals surface area contributed by atoms with Gasteiger partial charge in [0, 0.05) is 19.5 Å². The molecule has 1 amide bonds. The number of carbonyl (C=O) groups excluding carboxylic acids is 1. The number of nitrogens with zero attached hydrogens (tertiary/aromatic N) is 4. The number of hydrogen-bond donors (Lipinski definition) is 1. The lowest BCUT2D eigenvalue weighted by Crippen LogP contribution is -2.30. The van der Waals surface area contributed by atoms with E-state index < -0.39 is 6.10 Å². The van der Waals surface area contributed by atoms with E-state index in [-0.39, 0.29) is 11.7 Å². The molecule has 8 nitrogen and oxygen atoms in total. The van der Waals surface area contributed by atoms with Crippen LogP contribution in [0.2, 0.25) is 0 Å². The molecule has 30 heavy (non-hydrogen) atoms. The number of aromatic nitrogens is 2. The summed E-state index contributed by atoms with van der Waals surface area (Å²) in [7, 11) is 0. The zero-order chi connectivity index (χ0) is 20.5. The van der Waals surface area contributed by atoms with Crippen molar-refractivity contribution in [2.24, 2.45) is 5.16 Å². The molecule has 9 heteroatoms. The van der Waals surface area contributed by atoms with Crippen molar-refractivity contribution >= 4 is 34.0 Å². The molecule has 1 N–H and O–H groups in total. The van der Waals surface area contributed by atoms with E-state index in [1.54, 1.807) is 12.1 Å². The average Bonchev–Trinajstić information content (AvgIpc) is 3.46. The molecule has 1 atom stereocenters. The molecule has 0 bridgehead atoms. The van der Waals surface area contributed by atoms with E-state index >= 15 is 0 Å². The Morgan fingerprint density at radius 3 is 2.60 bits per heavy atom. The first kappa shape index (κ1) is 18.5. The number of amides is 1. The normalized spacial score (nSPS) is 18.9. The van der Waals surface area contributed by atoms with Gasteiger partial charge in [-0.1, -0.05) is 17.3 Å². The molecule has 1 aromatic heterocycles. The fourth-order valence-electron chi connectivity index (χ4n) is 3.89. The highest BCUT2D eigenvalue weighted by atomic mass is 19.1. The number of nitrogens with one attached hydrogen (secondary N) is 1. The highest BCUT2D eigenvalue weighted by Crippen LogP contribution is 2.32. The first-order chi connectivity index (χ1) is 14.7. The summed E-state index contributed by atoms with van der Waals surface area (Å²) in [5, 5.41) is 14.9. The fourth-order valence-corrected chi connectivity index (χ4v) is 3.89. The molecule has 2 aliphatic heterocycles. The first-order valence-electron chi connectivity index (χ1n) is 9.99. The van der Waals surface area contributed by atoms with Gasteiger partial charge in [-0.25, -0.2) is 9.02 Å². The van der Waals surface area contributed by atoms with Gasteiger partial charge in [0.2, 0.25) is 6.10 Å². The van der Waals surface area contributed by atoms with Gasteiger partial charge >= 0.3 is 0 Å². The number of anilines is 2. The summed E-state index contributed by atoms with van der Waals surface area (Å²) in [6, 6.07) is 9.67. The van der Waals surface area contributed by atoms with Crippen molar-refractivity contribution in [3.8, 4) is 0 Å². The third-order valence-electron chi connectivity index (χ3n) is 5.49. The molecule has 2 aromatic carbocycles. The monoisotopic (exact) mass is 409 g/mol. The second kappa shape index (κ2) is 7.74. The molecule has 5 rings (SSSR count). The second-order valence-electron chi connectivity index (χ2n) is 7.47. The Labute approximate surface area is 171 Å². The molecule has 1 fully saturated rings. The molecular weight excluding hydrogens is 389 g/mol. The van der Waals surface area contributed by atoms with Crippen LogP contribution in [0.5, 0.6) is 0 Å². The Morgan fingerprint density at radius 2 is 1.80 bits per heavy atom. The van der Waals surface area contributed by atoms with Gasteiger partial charge in [0.25, 0.3) is 5.91 Å². The highest BCUT2D eigenvalue weighted by molar-refractivity contribution is 6.08. The van der Waals surface area contributed by atoms with Crippen LogP contribution in [-0.2, 0) is 9.63 Å². The third-order valence-corrected chi connectivity index (χ3v) is 5.49. The largest absolute Gasteiger partial charge is 0.382 e. The van der Waals surface area contributed by atoms with E-state index in [1.165, 1.54) is 18.6 Å². The van der Waals surface area contributed by atoms with Gasteiger partial charge < -0.3 is 15.1 Å². The maximum Gasteiger partial charge on any atom is 0.268 e. The van der Waals surface area contributed by atoms with Crippen molar-refractivity contribution in [3.05, 3.63) is 47.8 Å². The quantitative estimate of drug-likeness (QED) is 0.709. The Morgan fingerprint density at radius 1 is 1.03 bits per heavy atom. The Balaban J connectivity index is 1.31. The van der Waals surface area contributed by atoms with Crippen LogP contribution in [0.3, 0.4) is 0 Å². The number of piperidine rings is 1. The first-order valence-corrected chi connectivity index (χ1v) is 9.99. The summed E-state index contributed by atoms with van der Waals surface area (Å²) in [4.78, 5) is 20.3. The number of oxime groups is 1. The maximum absolute atomic E-state index is 13.1. The zero-order valence-electron chi connectivity index (χ0n) is 16.2. The summed E-state index contributed by atoms with van der Waals surface area (Å²) in [5.41, 5.74) is 3.93. The van der Waals surface area contributed by atoms with E-state index in [4.69, 9.17) is 9.47 Å². The molecule has 3 heterocycles. The van der Waals surface area contributed by atoms with Crippen LogP contribution in [0.15, 0.2) is 46.2 Å². The van der Waals surface area contributed by atoms with Gasteiger partial charge in [0.1, 0.15) is 5.82 Å². The minimum Gasteiger partial charge on any atom is -0.382 e. The lowest BCUT2D eigenvalue weighted by atomic mass is 10.0. The Bertz CT molecular complexity index is 1110. The summed E-state index contributed by atoms with van der Waals surface area (Å²) < 4.78 is 18.1. The molecule has 0 saturated carbocycles. The van der Waals surface area contributed by atoms with Gasteiger partial charge in [0.05, 0.1) is 17.1 Å². The number of carbonyl (C=O) groups is 1. The lowest BCUT2D eigenvalue weighted by molar-refractivity contribution is -0.125. The summed E-state index contributed by atoms with van der Waals surface area (Å²) in [6.45, 7) is 1.93. The average molecular weight is 409 g/mol. The van der Waals surface area contributed by atoms with Crippen molar-refractivity contribution in [3.63, 3.8) is 0 Å². The summed E-state index contributed by atoms with van der Waals surface area (Å²) in [6.07, 6.45) is 3.03. The van der Waals surface area contributed by atoms with Crippen LogP contribution >= 0.6 is 0 Å². The van der Waals surface area contributed by atoms with Gasteiger partial charge in [0.15, 0.2) is 11.0 Å². The molecule has 3 aromatic rings. The number of fused-ring (bicyclic) bond motifs is 1. The molecule has 1 saturated heterocycles.